The van der Waals surface area contributed by atoms with Crippen molar-refractivity contribution >= 4 is 39.2 Å². The Morgan fingerprint density at radius 1 is 0.976 bits per heavy atom. The summed E-state index contributed by atoms with van der Waals surface area (Å²) in [7, 11) is -1.60. The number of carbonyl (C=O) groups is 3. The van der Waals surface area contributed by atoms with Gasteiger partial charge in [-0.15, -0.1) is 0 Å². The minimum absolute atomic E-state index is 0.0931. The Labute approximate surface area is 239 Å². The molecule has 0 spiro atoms. The number of sulfonamides is 1. The zero-order chi connectivity index (χ0) is 29.7. The molecule has 4 rings (SSSR count). The fourth-order valence-corrected chi connectivity index (χ4v) is 5.99. The van der Waals surface area contributed by atoms with Crippen LogP contribution in [0.1, 0.15) is 41.8 Å². The summed E-state index contributed by atoms with van der Waals surface area (Å²) in [6.07, 6.45) is -1.20. The van der Waals surface area contributed by atoms with Crippen LogP contribution < -0.4 is 14.9 Å². The summed E-state index contributed by atoms with van der Waals surface area (Å²) in [4.78, 5) is 45.2. The number of nitrogens with one attached hydrogen (secondary N) is 2. The fraction of sp³-hybridized carbons (Fsp3) is 0.267. The van der Waals surface area contributed by atoms with Crippen molar-refractivity contribution in [1.29, 1.82) is 0 Å². The molecule has 1 aliphatic rings. The average molecular weight is 577 g/mol. The van der Waals surface area contributed by atoms with E-state index in [1.54, 1.807) is 13.1 Å². The molecule has 1 aliphatic heterocycles. The van der Waals surface area contributed by atoms with Crippen LogP contribution in [0.4, 0.5) is 5.69 Å². The molecule has 0 saturated heterocycles. The molecule has 3 aromatic carbocycles. The van der Waals surface area contributed by atoms with Crippen molar-refractivity contribution in [3.63, 3.8) is 0 Å². The first kappa shape index (κ1) is 29.6. The van der Waals surface area contributed by atoms with E-state index in [2.05, 4.69) is 15.0 Å². The molecule has 0 aromatic heterocycles. The number of ether oxygens (including phenoxy) is 1. The molecule has 41 heavy (non-hydrogen) atoms. The highest BCUT2D eigenvalue weighted by Gasteiger charge is 2.35. The number of hydrogen-bond acceptors (Lipinski definition) is 7. The van der Waals surface area contributed by atoms with Gasteiger partial charge in [-0.1, -0.05) is 74.5 Å². The Morgan fingerprint density at radius 3 is 2.29 bits per heavy atom. The van der Waals surface area contributed by atoms with Gasteiger partial charge in [0.15, 0.2) is 0 Å². The van der Waals surface area contributed by atoms with E-state index in [1.807, 2.05) is 62.4 Å². The van der Waals surface area contributed by atoms with Crippen LogP contribution in [0.2, 0.25) is 0 Å². The third-order valence-corrected chi connectivity index (χ3v) is 8.10. The maximum absolute atomic E-state index is 13.6. The lowest BCUT2D eigenvalue weighted by Gasteiger charge is -2.24. The number of methoxy groups -OCH3 is 1. The number of benzene rings is 3. The van der Waals surface area contributed by atoms with Gasteiger partial charge in [-0.05, 0) is 30.5 Å². The van der Waals surface area contributed by atoms with Crippen LogP contribution in [0.3, 0.4) is 0 Å². The van der Waals surface area contributed by atoms with E-state index in [0.717, 1.165) is 12.7 Å². The van der Waals surface area contributed by atoms with Gasteiger partial charge in [0.25, 0.3) is 5.91 Å². The van der Waals surface area contributed by atoms with Crippen LogP contribution >= 0.6 is 0 Å². The van der Waals surface area contributed by atoms with Crippen LogP contribution in [0.25, 0.3) is 0 Å². The smallest absolute Gasteiger partial charge is 0.339 e. The highest BCUT2D eigenvalue weighted by molar-refractivity contribution is 7.89. The molecule has 2 atom stereocenters. The summed E-state index contributed by atoms with van der Waals surface area (Å²) in [5.41, 5.74) is 2.43. The number of aliphatic imine (C=N–C) groups is 1. The minimum atomic E-state index is -4.35. The summed E-state index contributed by atoms with van der Waals surface area (Å²) >= 11 is 0. The first-order chi connectivity index (χ1) is 19.5. The van der Waals surface area contributed by atoms with Gasteiger partial charge in [-0.3, -0.25) is 9.59 Å². The molecule has 2 amide bonds. The van der Waals surface area contributed by atoms with E-state index in [1.165, 1.54) is 29.2 Å². The van der Waals surface area contributed by atoms with Gasteiger partial charge in [0.05, 0.1) is 29.0 Å². The van der Waals surface area contributed by atoms with Gasteiger partial charge in [0.2, 0.25) is 22.1 Å². The molecule has 0 radical (unpaired) electrons. The van der Waals surface area contributed by atoms with Gasteiger partial charge in [-0.2, -0.15) is 4.72 Å². The predicted molar refractivity (Wildman–Crippen MR) is 155 cm³/mol. The number of benzodiazepines with no additional fused rings is 1. The molecule has 11 heteroatoms. The number of anilines is 1. The van der Waals surface area contributed by atoms with Crippen LogP contribution in [-0.4, -0.2) is 58.3 Å². The number of rotatable bonds is 9. The molecule has 0 fully saturated rings. The van der Waals surface area contributed by atoms with Crippen LogP contribution in [0, 0.1) is 5.92 Å². The van der Waals surface area contributed by atoms with Crippen LogP contribution in [-0.2, 0) is 24.3 Å². The number of nitrogens with zero attached hydrogens (tertiary/aromatic N) is 2. The summed E-state index contributed by atoms with van der Waals surface area (Å²) in [6.45, 7) is 3.67. The van der Waals surface area contributed by atoms with Crippen molar-refractivity contribution in [3.8, 4) is 0 Å². The van der Waals surface area contributed by atoms with Gasteiger partial charge in [0, 0.05) is 18.2 Å². The van der Waals surface area contributed by atoms with Crippen molar-refractivity contribution in [2.75, 3.05) is 19.1 Å². The van der Waals surface area contributed by atoms with Crippen molar-refractivity contribution in [2.45, 2.75) is 37.4 Å². The monoisotopic (exact) mass is 576 g/mol. The van der Waals surface area contributed by atoms with Gasteiger partial charge in [0.1, 0.15) is 6.04 Å². The van der Waals surface area contributed by atoms with Crippen molar-refractivity contribution in [3.05, 3.63) is 95.6 Å². The molecule has 2 unspecified atom stereocenters. The van der Waals surface area contributed by atoms with E-state index in [9.17, 15) is 22.8 Å². The molecule has 1 heterocycles. The van der Waals surface area contributed by atoms with E-state index >= 15 is 0 Å². The Morgan fingerprint density at radius 2 is 1.61 bits per heavy atom. The Hall–Kier alpha value is -4.35. The SMILES string of the molecule is COC(=O)c1ccccc1S(=O)(=O)NC(CC(C)C)C(=O)NC1N=C(c2ccccc2)c2ccccc2N(C)C1=O. The second kappa shape index (κ2) is 12.4. The standard InChI is InChI=1S/C30H32N4O6S/c1-19(2)18-23(33-41(38,39)25-17-11-9-15-22(25)30(37)40-4)28(35)32-27-29(36)34(3)24-16-10-8-14-21(24)26(31-27)20-12-6-5-7-13-20/h5-17,19,23,27,33H,18H2,1-4H3,(H,32,35). The summed E-state index contributed by atoms with van der Waals surface area (Å²) < 4.78 is 34.0. The lowest BCUT2D eigenvalue weighted by molar-refractivity contribution is -0.128. The van der Waals surface area contributed by atoms with Gasteiger partial charge < -0.3 is 15.0 Å². The summed E-state index contributed by atoms with van der Waals surface area (Å²) in [5, 5.41) is 2.67. The van der Waals surface area contributed by atoms with Crippen molar-refractivity contribution < 1.29 is 27.5 Å². The third-order valence-electron chi connectivity index (χ3n) is 6.57. The Bertz CT molecular complexity index is 1590. The van der Waals surface area contributed by atoms with Gasteiger partial charge >= 0.3 is 5.97 Å². The zero-order valence-electron chi connectivity index (χ0n) is 23.2. The van der Waals surface area contributed by atoms with E-state index in [-0.39, 0.29) is 22.8 Å². The minimum Gasteiger partial charge on any atom is -0.465 e. The quantitative estimate of drug-likeness (QED) is 0.376. The van der Waals surface area contributed by atoms with Crippen molar-refractivity contribution in [2.24, 2.45) is 10.9 Å². The topological polar surface area (TPSA) is 134 Å². The zero-order valence-corrected chi connectivity index (χ0v) is 24.0. The maximum Gasteiger partial charge on any atom is 0.339 e. The van der Waals surface area contributed by atoms with E-state index < -0.39 is 40.0 Å². The molecule has 0 aliphatic carbocycles. The third kappa shape index (κ3) is 6.53. The number of carbonyl (C=O) groups excluding carboxylic acids is 3. The number of amides is 2. The number of fused-ring (bicyclic) bond motifs is 1. The highest BCUT2D eigenvalue weighted by atomic mass is 32.2. The second-order valence-electron chi connectivity index (χ2n) is 9.96. The number of hydrogen-bond donors (Lipinski definition) is 2. The number of likely N-dealkylation sites (N-methyl/N-ethyl adjacent to an activating group) is 1. The molecule has 214 valence electrons. The maximum atomic E-state index is 13.6. The van der Waals surface area contributed by atoms with Crippen LogP contribution in [0.15, 0.2) is 88.8 Å². The number of esters is 1. The van der Waals surface area contributed by atoms with Crippen LogP contribution in [0.5, 0.6) is 0 Å². The predicted octanol–water partition coefficient (Wildman–Crippen LogP) is 3.12. The Balaban J connectivity index is 1.69. The fourth-order valence-electron chi connectivity index (χ4n) is 4.59. The first-order valence-electron chi connectivity index (χ1n) is 13.0. The second-order valence-corrected chi connectivity index (χ2v) is 11.6. The summed E-state index contributed by atoms with van der Waals surface area (Å²) in [6, 6.07) is 20.9. The molecular formula is C30H32N4O6S. The molecular weight excluding hydrogens is 544 g/mol. The molecule has 2 N–H and O–H groups in total. The lowest BCUT2D eigenvalue weighted by atomic mass is 10.0. The van der Waals surface area contributed by atoms with E-state index in [0.29, 0.717) is 17.0 Å². The summed E-state index contributed by atoms with van der Waals surface area (Å²) in [5.74, 6) is -2.14. The molecule has 0 bridgehead atoms. The van der Waals surface area contributed by atoms with Crippen molar-refractivity contribution in [1.82, 2.24) is 10.0 Å². The molecule has 0 saturated carbocycles. The highest BCUT2D eigenvalue weighted by Crippen LogP contribution is 2.27. The van der Waals surface area contributed by atoms with Gasteiger partial charge in [-0.25, -0.2) is 18.2 Å². The normalized spacial score (nSPS) is 15.9. The Kier molecular flexibility index (Phi) is 8.99. The molecule has 3 aromatic rings. The average Bonchev–Trinajstić information content (AvgIpc) is 3.07. The first-order valence-corrected chi connectivity index (χ1v) is 14.5. The largest absolute Gasteiger partial charge is 0.465 e. The lowest BCUT2D eigenvalue weighted by Crippen LogP contribution is -2.53. The van der Waals surface area contributed by atoms with E-state index in [4.69, 9.17) is 4.74 Å². The molecule has 10 nitrogen and oxygen atoms in total. The number of para-hydroxylation sites is 1.